The summed E-state index contributed by atoms with van der Waals surface area (Å²) in [7, 11) is 0. The molecule has 1 amide bonds. The molecule has 0 aliphatic carbocycles. The van der Waals surface area contributed by atoms with Gasteiger partial charge in [0.15, 0.2) is 5.92 Å². The highest BCUT2D eigenvalue weighted by Gasteiger charge is 2.46. The number of likely N-dealkylation sites (tertiary alicyclic amines) is 1. The van der Waals surface area contributed by atoms with Crippen molar-refractivity contribution in [3.8, 4) is 0 Å². The van der Waals surface area contributed by atoms with Crippen LogP contribution in [0.15, 0.2) is 0 Å². The Kier molecular flexibility index (Phi) is 5.16. The van der Waals surface area contributed by atoms with E-state index in [1.54, 1.807) is 0 Å². The molecule has 1 atom stereocenters. The van der Waals surface area contributed by atoms with Crippen molar-refractivity contribution in [1.82, 2.24) is 4.90 Å². The number of carboxylic acids is 1. The third-order valence-electron chi connectivity index (χ3n) is 3.33. The Hall–Kier alpha value is -1.31. The van der Waals surface area contributed by atoms with Gasteiger partial charge in [0.2, 0.25) is 5.91 Å². The number of nitrogens with two attached hydrogens (primary N) is 1. The third-order valence-corrected chi connectivity index (χ3v) is 3.33. The van der Waals surface area contributed by atoms with Gasteiger partial charge in [-0.3, -0.25) is 9.59 Å². The first-order valence-corrected chi connectivity index (χ1v) is 6.00. The zero-order valence-corrected chi connectivity index (χ0v) is 10.3. The van der Waals surface area contributed by atoms with E-state index < -0.39 is 30.5 Å². The number of carbonyl (C=O) groups excluding carboxylic acids is 1. The monoisotopic (exact) mass is 282 g/mol. The average Bonchev–Trinajstić information content (AvgIpc) is 2.25. The van der Waals surface area contributed by atoms with Gasteiger partial charge in [0.1, 0.15) is 0 Å². The minimum Gasteiger partial charge on any atom is -0.481 e. The standard InChI is InChI=1S/C11H17F3N2O3/c12-11(13,14)8(10(18)19)6-16-3-1-7(2-4-16)5-9(15)17/h7-8H,1-6H2,(H2,15,17)(H,18,19). The van der Waals surface area contributed by atoms with Crippen molar-refractivity contribution in [1.29, 1.82) is 0 Å². The highest BCUT2D eigenvalue weighted by Crippen LogP contribution is 2.29. The summed E-state index contributed by atoms with van der Waals surface area (Å²) in [6.07, 6.45) is -3.38. The minimum absolute atomic E-state index is 0.0860. The van der Waals surface area contributed by atoms with Crippen LogP contribution < -0.4 is 5.73 Å². The summed E-state index contributed by atoms with van der Waals surface area (Å²) >= 11 is 0. The number of aliphatic carboxylic acids is 1. The van der Waals surface area contributed by atoms with Gasteiger partial charge in [-0.2, -0.15) is 13.2 Å². The second-order valence-corrected chi connectivity index (χ2v) is 4.85. The van der Waals surface area contributed by atoms with Gasteiger partial charge in [-0.25, -0.2) is 0 Å². The fraction of sp³-hybridized carbons (Fsp3) is 0.818. The molecule has 19 heavy (non-hydrogen) atoms. The predicted octanol–water partition coefficient (Wildman–Crippen LogP) is 0.837. The van der Waals surface area contributed by atoms with Crippen LogP contribution in [0.25, 0.3) is 0 Å². The Morgan fingerprint density at radius 2 is 1.84 bits per heavy atom. The zero-order chi connectivity index (χ0) is 14.6. The van der Waals surface area contributed by atoms with Crippen LogP contribution in [0.2, 0.25) is 0 Å². The molecule has 1 heterocycles. The summed E-state index contributed by atoms with van der Waals surface area (Å²) in [4.78, 5) is 22.8. The number of halogens is 3. The summed E-state index contributed by atoms with van der Waals surface area (Å²) in [6, 6.07) is 0. The van der Waals surface area contributed by atoms with Gasteiger partial charge in [-0.15, -0.1) is 0 Å². The number of carboxylic acid groups (broad SMARTS) is 1. The summed E-state index contributed by atoms with van der Waals surface area (Å²) in [5.41, 5.74) is 5.06. The van der Waals surface area contributed by atoms with Crippen LogP contribution in [0.4, 0.5) is 13.2 Å². The molecule has 0 aromatic carbocycles. The molecule has 3 N–H and O–H groups in total. The Labute approximate surface area is 108 Å². The average molecular weight is 282 g/mol. The van der Waals surface area contributed by atoms with Gasteiger partial charge in [0.25, 0.3) is 0 Å². The Bertz CT molecular complexity index is 339. The van der Waals surface area contributed by atoms with Crippen molar-refractivity contribution < 1.29 is 27.9 Å². The number of hydrogen-bond donors (Lipinski definition) is 2. The number of amides is 1. The molecule has 1 fully saturated rings. The van der Waals surface area contributed by atoms with Crippen LogP contribution in [0.3, 0.4) is 0 Å². The van der Waals surface area contributed by atoms with Crippen molar-refractivity contribution in [3.63, 3.8) is 0 Å². The van der Waals surface area contributed by atoms with E-state index in [2.05, 4.69) is 0 Å². The van der Waals surface area contributed by atoms with Crippen LogP contribution in [-0.2, 0) is 9.59 Å². The molecule has 0 radical (unpaired) electrons. The molecule has 1 rings (SSSR count). The predicted molar refractivity (Wildman–Crippen MR) is 60.2 cm³/mol. The Morgan fingerprint density at radius 3 is 2.21 bits per heavy atom. The van der Waals surface area contributed by atoms with Crippen LogP contribution >= 0.6 is 0 Å². The topological polar surface area (TPSA) is 83.6 Å². The van der Waals surface area contributed by atoms with Crippen LogP contribution in [-0.4, -0.2) is 47.7 Å². The van der Waals surface area contributed by atoms with Crippen molar-refractivity contribution >= 4 is 11.9 Å². The van der Waals surface area contributed by atoms with Gasteiger partial charge < -0.3 is 15.7 Å². The largest absolute Gasteiger partial charge is 0.481 e. The lowest BCUT2D eigenvalue weighted by molar-refractivity contribution is -0.197. The highest BCUT2D eigenvalue weighted by molar-refractivity contribution is 5.74. The molecular weight excluding hydrogens is 265 g/mol. The lowest BCUT2D eigenvalue weighted by Crippen LogP contribution is -2.44. The van der Waals surface area contributed by atoms with E-state index in [9.17, 15) is 22.8 Å². The number of alkyl halides is 3. The van der Waals surface area contributed by atoms with Gasteiger partial charge in [-0.1, -0.05) is 0 Å². The van der Waals surface area contributed by atoms with Gasteiger partial charge in [-0.05, 0) is 31.8 Å². The quantitative estimate of drug-likeness (QED) is 0.782. The normalized spacial score (nSPS) is 20.2. The molecule has 1 saturated heterocycles. The second-order valence-electron chi connectivity index (χ2n) is 4.85. The van der Waals surface area contributed by atoms with E-state index in [0.29, 0.717) is 25.9 Å². The fourth-order valence-electron chi connectivity index (χ4n) is 2.24. The fourth-order valence-corrected chi connectivity index (χ4v) is 2.24. The molecule has 0 bridgehead atoms. The Balaban J connectivity index is 2.47. The molecule has 0 saturated carbocycles. The van der Waals surface area contributed by atoms with Gasteiger partial charge >= 0.3 is 12.1 Å². The molecule has 0 aromatic rings. The molecule has 1 aliphatic heterocycles. The van der Waals surface area contributed by atoms with Crippen molar-refractivity contribution in [2.45, 2.75) is 25.4 Å². The van der Waals surface area contributed by atoms with E-state index >= 15 is 0 Å². The number of nitrogens with zero attached hydrogens (tertiary/aromatic N) is 1. The van der Waals surface area contributed by atoms with Crippen LogP contribution in [0.1, 0.15) is 19.3 Å². The molecular formula is C11H17F3N2O3. The van der Waals surface area contributed by atoms with E-state index in [4.69, 9.17) is 10.8 Å². The number of primary amides is 1. The van der Waals surface area contributed by atoms with Crippen LogP contribution in [0.5, 0.6) is 0 Å². The molecule has 0 spiro atoms. The van der Waals surface area contributed by atoms with Crippen molar-refractivity contribution in [2.75, 3.05) is 19.6 Å². The number of carbonyl (C=O) groups is 2. The first kappa shape index (κ1) is 15.7. The van der Waals surface area contributed by atoms with Crippen LogP contribution in [0, 0.1) is 11.8 Å². The highest BCUT2D eigenvalue weighted by atomic mass is 19.4. The van der Waals surface area contributed by atoms with Gasteiger partial charge in [0, 0.05) is 13.0 Å². The summed E-state index contributed by atoms with van der Waals surface area (Å²) in [6.45, 7) is 0.178. The zero-order valence-electron chi connectivity index (χ0n) is 10.3. The number of hydrogen-bond acceptors (Lipinski definition) is 3. The third kappa shape index (κ3) is 5.06. The van der Waals surface area contributed by atoms with E-state index in [1.807, 2.05) is 0 Å². The first-order valence-electron chi connectivity index (χ1n) is 6.00. The summed E-state index contributed by atoms with van der Waals surface area (Å²) in [5, 5.41) is 8.60. The lowest BCUT2D eigenvalue weighted by atomic mass is 9.92. The van der Waals surface area contributed by atoms with E-state index in [-0.39, 0.29) is 12.3 Å². The second kappa shape index (κ2) is 6.23. The Morgan fingerprint density at radius 1 is 1.32 bits per heavy atom. The van der Waals surface area contributed by atoms with Crippen molar-refractivity contribution in [2.24, 2.45) is 17.6 Å². The van der Waals surface area contributed by atoms with E-state index in [0.717, 1.165) is 0 Å². The van der Waals surface area contributed by atoms with Crippen molar-refractivity contribution in [3.05, 3.63) is 0 Å². The van der Waals surface area contributed by atoms with Gasteiger partial charge in [0.05, 0.1) is 0 Å². The molecule has 5 nitrogen and oxygen atoms in total. The number of rotatable bonds is 5. The summed E-state index contributed by atoms with van der Waals surface area (Å²) in [5.74, 6) is -4.55. The van der Waals surface area contributed by atoms with E-state index in [1.165, 1.54) is 4.90 Å². The smallest absolute Gasteiger partial charge is 0.403 e. The maximum atomic E-state index is 12.5. The maximum absolute atomic E-state index is 12.5. The molecule has 110 valence electrons. The minimum atomic E-state index is -4.74. The lowest BCUT2D eigenvalue weighted by Gasteiger charge is -2.33. The molecule has 1 unspecified atom stereocenters. The summed E-state index contributed by atoms with van der Waals surface area (Å²) < 4.78 is 37.5. The number of piperidine rings is 1. The molecule has 1 aliphatic rings. The first-order chi connectivity index (χ1) is 8.70. The maximum Gasteiger partial charge on any atom is 0.403 e. The SMILES string of the molecule is NC(=O)CC1CCN(CC(C(=O)O)C(F)(F)F)CC1. The molecule has 0 aromatic heterocycles. The molecule has 8 heteroatoms.